The van der Waals surface area contributed by atoms with Crippen LogP contribution in [-0.4, -0.2) is 48.3 Å². The van der Waals surface area contributed by atoms with Gasteiger partial charge in [-0.15, -0.1) is 0 Å². The molecule has 18 heavy (non-hydrogen) atoms. The van der Waals surface area contributed by atoms with Crippen molar-refractivity contribution in [2.45, 2.75) is 31.5 Å². The highest BCUT2D eigenvalue weighted by molar-refractivity contribution is 5.44. The molecular formula is C14H20FN3. The highest BCUT2D eigenvalue weighted by Gasteiger charge is 2.33. The van der Waals surface area contributed by atoms with Gasteiger partial charge in [0.25, 0.3) is 0 Å². The fourth-order valence-corrected chi connectivity index (χ4v) is 3.17. The molecule has 0 spiro atoms. The van der Waals surface area contributed by atoms with Gasteiger partial charge in [0, 0.05) is 50.3 Å². The number of halogens is 1. The summed E-state index contributed by atoms with van der Waals surface area (Å²) in [5, 5.41) is 0. The summed E-state index contributed by atoms with van der Waals surface area (Å²) in [7, 11) is 0. The zero-order valence-electron chi connectivity index (χ0n) is 10.6. The van der Waals surface area contributed by atoms with Gasteiger partial charge in [-0.1, -0.05) is 0 Å². The van der Waals surface area contributed by atoms with Crippen LogP contribution in [0, 0.1) is 0 Å². The Hall–Kier alpha value is -1.16. The van der Waals surface area contributed by atoms with E-state index in [1.807, 2.05) is 24.5 Å². The minimum Gasteiger partial charge on any atom is -0.369 e. The summed E-state index contributed by atoms with van der Waals surface area (Å²) < 4.78 is 13.7. The van der Waals surface area contributed by atoms with Crippen molar-refractivity contribution in [3.8, 4) is 0 Å². The van der Waals surface area contributed by atoms with Crippen LogP contribution in [0.15, 0.2) is 24.5 Å². The lowest BCUT2D eigenvalue weighted by atomic mass is 10.1. The molecule has 3 rings (SSSR count). The summed E-state index contributed by atoms with van der Waals surface area (Å²) in [5.41, 5.74) is 1.23. The Bertz CT molecular complexity index is 376. The second kappa shape index (κ2) is 5.22. The lowest BCUT2D eigenvalue weighted by molar-refractivity contribution is 0.125. The zero-order chi connectivity index (χ0) is 12.4. The first-order valence-corrected chi connectivity index (χ1v) is 6.88. The molecular weight excluding hydrogens is 229 g/mol. The van der Waals surface area contributed by atoms with Crippen molar-refractivity contribution in [3.63, 3.8) is 0 Å². The van der Waals surface area contributed by atoms with Crippen LogP contribution >= 0.6 is 0 Å². The number of piperazine rings is 1. The molecule has 2 fully saturated rings. The largest absolute Gasteiger partial charge is 0.369 e. The zero-order valence-corrected chi connectivity index (χ0v) is 10.6. The molecule has 0 bridgehead atoms. The molecule has 4 heteroatoms. The first-order chi connectivity index (χ1) is 8.84. The van der Waals surface area contributed by atoms with Crippen LogP contribution in [0.3, 0.4) is 0 Å². The molecule has 0 radical (unpaired) electrons. The van der Waals surface area contributed by atoms with Crippen LogP contribution in [0.5, 0.6) is 0 Å². The number of anilines is 1. The number of pyridine rings is 1. The van der Waals surface area contributed by atoms with Gasteiger partial charge < -0.3 is 4.90 Å². The number of hydrogen-bond acceptors (Lipinski definition) is 3. The summed E-state index contributed by atoms with van der Waals surface area (Å²) >= 11 is 0. The Kier molecular flexibility index (Phi) is 3.46. The van der Waals surface area contributed by atoms with Crippen molar-refractivity contribution in [2.75, 3.05) is 31.1 Å². The van der Waals surface area contributed by atoms with Crippen LogP contribution in [0.4, 0.5) is 10.1 Å². The van der Waals surface area contributed by atoms with E-state index in [1.165, 1.54) is 5.69 Å². The van der Waals surface area contributed by atoms with E-state index in [0.717, 1.165) is 45.4 Å². The summed E-state index contributed by atoms with van der Waals surface area (Å²) in [5.74, 6) is 0. The fourth-order valence-electron chi connectivity index (χ4n) is 3.17. The van der Waals surface area contributed by atoms with Gasteiger partial charge in [-0.2, -0.15) is 0 Å². The monoisotopic (exact) mass is 249 g/mol. The number of alkyl halides is 1. The molecule has 0 amide bonds. The Morgan fingerprint density at radius 1 is 1.06 bits per heavy atom. The number of aromatic nitrogens is 1. The highest BCUT2D eigenvalue weighted by Crippen LogP contribution is 2.28. The van der Waals surface area contributed by atoms with E-state index < -0.39 is 6.17 Å². The fraction of sp³-hybridized carbons (Fsp3) is 0.643. The molecule has 1 aliphatic carbocycles. The van der Waals surface area contributed by atoms with Gasteiger partial charge in [0.2, 0.25) is 0 Å². The van der Waals surface area contributed by atoms with Gasteiger partial charge in [0.15, 0.2) is 0 Å². The van der Waals surface area contributed by atoms with Gasteiger partial charge in [0.05, 0.1) is 0 Å². The number of nitrogens with zero attached hydrogens (tertiary/aromatic N) is 3. The predicted molar refractivity (Wildman–Crippen MR) is 70.6 cm³/mol. The molecule has 2 aliphatic rings. The average molecular weight is 249 g/mol. The lowest BCUT2D eigenvalue weighted by Gasteiger charge is -2.39. The van der Waals surface area contributed by atoms with Crippen molar-refractivity contribution in [2.24, 2.45) is 0 Å². The normalized spacial score (nSPS) is 29.7. The van der Waals surface area contributed by atoms with Crippen LogP contribution in [0.1, 0.15) is 19.3 Å². The lowest BCUT2D eigenvalue weighted by Crippen LogP contribution is -2.51. The molecule has 0 aromatic carbocycles. The van der Waals surface area contributed by atoms with Gasteiger partial charge in [-0.25, -0.2) is 4.39 Å². The molecule has 1 aliphatic heterocycles. The third-order valence-electron chi connectivity index (χ3n) is 4.21. The molecule has 98 valence electrons. The number of hydrogen-bond donors (Lipinski definition) is 0. The summed E-state index contributed by atoms with van der Waals surface area (Å²) in [6.07, 6.45) is 5.91. The SMILES string of the molecule is FC1CCCC1N1CCN(c2ccncc2)CC1. The van der Waals surface area contributed by atoms with E-state index in [1.54, 1.807) is 0 Å². The molecule has 2 atom stereocenters. The van der Waals surface area contributed by atoms with Crippen LogP contribution < -0.4 is 4.90 Å². The van der Waals surface area contributed by atoms with Gasteiger partial charge in [0.1, 0.15) is 6.17 Å². The Balaban J connectivity index is 1.58. The van der Waals surface area contributed by atoms with E-state index in [4.69, 9.17) is 0 Å². The first-order valence-electron chi connectivity index (χ1n) is 6.88. The third kappa shape index (κ3) is 2.34. The first kappa shape index (κ1) is 11.9. The van der Waals surface area contributed by atoms with Crippen molar-refractivity contribution in [1.29, 1.82) is 0 Å². The predicted octanol–water partition coefficient (Wildman–Crippen LogP) is 2.09. The maximum atomic E-state index is 13.7. The maximum Gasteiger partial charge on any atom is 0.116 e. The molecule has 0 N–H and O–H groups in total. The van der Waals surface area contributed by atoms with Crippen molar-refractivity contribution < 1.29 is 4.39 Å². The summed E-state index contributed by atoms with van der Waals surface area (Å²) in [6, 6.07) is 4.27. The van der Waals surface area contributed by atoms with Gasteiger partial charge in [-0.3, -0.25) is 9.88 Å². The molecule has 1 aromatic rings. The Labute approximate surface area is 108 Å². The second-order valence-corrected chi connectivity index (χ2v) is 5.24. The molecule has 1 saturated heterocycles. The van der Waals surface area contributed by atoms with Gasteiger partial charge in [-0.05, 0) is 31.4 Å². The van der Waals surface area contributed by atoms with E-state index in [9.17, 15) is 4.39 Å². The Morgan fingerprint density at radius 3 is 2.39 bits per heavy atom. The van der Waals surface area contributed by atoms with Crippen molar-refractivity contribution in [3.05, 3.63) is 24.5 Å². The molecule has 2 unspecified atom stereocenters. The standard InChI is InChI=1S/C14H20FN3/c15-13-2-1-3-14(13)18-10-8-17(9-11-18)12-4-6-16-7-5-12/h4-7,13-14H,1-3,8-11H2. The van der Waals surface area contributed by atoms with Crippen molar-refractivity contribution >= 4 is 5.69 Å². The summed E-state index contributed by atoms with van der Waals surface area (Å²) in [4.78, 5) is 8.75. The van der Waals surface area contributed by atoms with Crippen molar-refractivity contribution in [1.82, 2.24) is 9.88 Å². The minimum absolute atomic E-state index is 0.185. The number of rotatable bonds is 2. The maximum absolute atomic E-state index is 13.7. The summed E-state index contributed by atoms with van der Waals surface area (Å²) in [6.45, 7) is 3.95. The van der Waals surface area contributed by atoms with Gasteiger partial charge >= 0.3 is 0 Å². The quantitative estimate of drug-likeness (QED) is 0.800. The average Bonchev–Trinajstić information content (AvgIpc) is 2.86. The van der Waals surface area contributed by atoms with E-state index in [2.05, 4.69) is 14.8 Å². The van der Waals surface area contributed by atoms with Crippen LogP contribution in [-0.2, 0) is 0 Å². The van der Waals surface area contributed by atoms with E-state index in [0.29, 0.717) is 0 Å². The van der Waals surface area contributed by atoms with E-state index >= 15 is 0 Å². The third-order valence-corrected chi connectivity index (χ3v) is 4.21. The minimum atomic E-state index is -0.600. The molecule has 2 heterocycles. The second-order valence-electron chi connectivity index (χ2n) is 5.24. The van der Waals surface area contributed by atoms with E-state index in [-0.39, 0.29) is 6.04 Å². The highest BCUT2D eigenvalue weighted by atomic mass is 19.1. The topological polar surface area (TPSA) is 19.4 Å². The molecule has 1 aromatic heterocycles. The van der Waals surface area contributed by atoms with Crippen LogP contribution in [0.25, 0.3) is 0 Å². The smallest absolute Gasteiger partial charge is 0.116 e. The molecule has 1 saturated carbocycles. The molecule has 3 nitrogen and oxygen atoms in total. The Morgan fingerprint density at radius 2 is 1.78 bits per heavy atom. The van der Waals surface area contributed by atoms with Crippen LogP contribution in [0.2, 0.25) is 0 Å².